The molecule has 2 fully saturated rings. The number of aliphatic hydroxyl groups excluding tert-OH is 1. The first-order chi connectivity index (χ1) is 9.15. The number of nitrogens with zero attached hydrogens (tertiary/aromatic N) is 1. The Balaban J connectivity index is 1.96. The Bertz CT molecular complexity index is 267. The summed E-state index contributed by atoms with van der Waals surface area (Å²) in [6.07, 6.45) is 6.71. The van der Waals surface area contributed by atoms with E-state index >= 15 is 0 Å². The Morgan fingerprint density at radius 3 is 2.47 bits per heavy atom. The van der Waals surface area contributed by atoms with Crippen LogP contribution >= 0.6 is 0 Å². The van der Waals surface area contributed by atoms with Crippen LogP contribution in [0.5, 0.6) is 0 Å². The van der Waals surface area contributed by atoms with Gasteiger partial charge in [-0.3, -0.25) is 4.90 Å². The average Bonchev–Trinajstić information content (AvgIpc) is 2.30. The minimum atomic E-state index is 0.304. The van der Waals surface area contributed by atoms with E-state index in [1.165, 1.54) is 38.6 Å². The van der Waals surface area contributed by atoms with E-state index < -0.39 is 0 Å². The first-order valence-corrected chi connectivity index (χ1v) is 8.17. The standard InChI is InChI=1S/C16H32N2O/c1-12-9-13(2)15(16(10-12)17-3)11-18(7-8-19)14-5-4-6-14/h12-17,19H,4-11H2,1-3H3. The van der Waals surface area contributed by atoms with Gasteiger partial charge in [0.2, 0.25) is 0 Å². The van der Waals surface area contributed by atoms with E-state index in [2.05, 4.69) is 31.1 Å². The molecule has 2 saturated carbocycles. The Morgan fingerprint density at radius 1 is 1.21 bits per heavy atom. The fraction of sp³-hybridized carbons (Fsp3) is 1.00. The van der Waals surface area contributed by atoms with Crippen molar-refractivity contribution < 1.29 is 5.11 Å². The normalized spacial score (nSPS) is 36.5. The number of hydrogen-bond acceptors (Lipinski definition) is 3. The number of hydrogen-bond donors (Lipinski definition) is 2. The lowest BCUT2D eigenvalue weighted by Crippen LogP contribution is -2.51. The third-order valence-electron chi connectivity index (χ3n) is 5.47. The van der Waals surface area contributed by atoms with Crippen LogP contribution in [-0.4, -0.2) is 48.8 Å². The highest BCUT2D eigenvalue weighted by atomic mass is 16.3. The van der Waals surface area contributed by atoms with E-state index in [4.69, 9.17) is 0 Å². The second kappa shape index (κ2) is 7.05. The van der Waals surface area contributed by atoms with Crippen molar-refractivity contribution in [1.82, 2.24) is 10.2 Å². The summed E-state index contributed by atoms with van der Waals surface area (Å²) >= 11 is 0. The Hall–Kier alpha value is -0.120. The van der Waals surface area contributed by atoms with E-state index in [1.807, 2.05) is 0 Å². The Labute approximate surface area is 118 Å². The number of nitrogens with one attached hydrogen (secondary N) is 1. The van der Waals surface area contributed by atoms with Gasteiger partial charge in [0.15, 0.2) is 0 Å². The quantitative estimate of drug-likeness (QED) is 0.774. The topological polar surface area (TPSA) is 35.5 Å². The lowest BCUT2D eigenvalue weighted by Gasteiger charge is -2.45. The van der Waals surface area contributed by atoms with Gasteiger partial charge in [-0.25, -0.2) is 0 Å². The maximum Gasteiger partial charge on any atom is 0.0558 e. The molecule has 2 rings (SSSR count). The van der Waals surface area contributed by atoms with Crippen LogP contribution in [0, 0.1) is 17.8 Å². The predicted octanol–water partition coefficient (Wildman–Crippen LogP) is 2.10. The van der Waals surface area contributed by atoms with Crippen molar-refractivity contribution in [3.05, 3.63) is 0 Å². The van der Waals surface area contributed by atoms with Gasteiger partial charge in [-0.1, -0.05) is 20.3 Å². The fourth-order valence-electron chi connectivity index (χ4n) is 4.12. The summed E-state index contributed by atoms with van der Waals surface area (Å²) in [6, 6.07) is 1.40. The molecule has 0 radical (unpaired) electrons. The molecule has 112 valence electrons. The van der Waals surface area contributed by atoms with Crippen LogP contribution < -0.4 is 5.32 Å². The van der Waals surface area contributed by atoms with Gasteiger partial charge in [-0.2, -0.15) is 0 Å². The first kappa shape index (κ1) is 15.3. The van der Waals surface area contributed by atoms with Gasteiger partial charge in [0, 0.05) is 25.2 Å². The average molecular weight is 268 g/mol. The van der Waals surface area contributed by atoms with Crippen molar-refractivity contribution in [2.24, 2.45) is 17.8 Å². The van der Waals surface area contributed by atoms with Gasteiger partial charge in [0.05, 0.1) is 6.61 Å². The molecule has 4 unspecified atom stereocenters. The van der Waals surface area contributed by atoms with Crippen molar-refractivity contribution in [2.45, 2.75) is 58.0 Å². The molecule has 2 N–H and O–H groups in total. The molecule has 0 aromatic rings. The van der Waals surface area contributed by atoms with Crippen molar-refractivity contribution in [3.63, 3.8) is 0 Å². The second-order valence-electron chi connectivity index (χ2n) is 6.92. The minimum Gasteiger partial charge on any atom is -0.395 e. The molecule has 3 nitrogen and oxygen atoms in total. The van der Waals surface area contributed by atoms with Crippen LogP contribution in [0.15, 0.2) is 0 Å². The third-order valence-corrected chi connectivity index (χ3v) is 5.47. The van der Waals surface area contributed by atoms with E-state index in [9.17, 15) is 5.11 Å². The van der Waals surface area contributed by atoms with Crippen molar-refractivity contribution in [3.8, 4) is 0 Å². The second-order valence-corrected chi connectivity index (χ2v) is 6.92. The SMILES string of the molecule is CNC1CC(C)CC(C)C1CN(CCO)C1CCC1. The highest BCUT2D eigenvalue weighted by Gasteiger charge is 2.36. The summed E-state index contributed by atoms with van der Waals surface area (Å²) in [5.74, 6) is 2.38. The Morgan fingerprint density at radius 2 is 1.95 bits per heavy atom. The van der Waals surface area contributed by atoms with Crippen LogP contribution in [0.3, 0.4) is 0 Å². The summed E-state index contributed by atoms with van der Waals surface area (Å²) in [5.41, 5.74) is 0. The maximum atomic E-state index is 9.31. The van der Waals surface area contributed by atoms with E-state index in [0.717, 1.165) is 30.3 Å². The molecule has 19 heavy (non-hydrogen) atoms. The van der Waals surface area contributed by atoms with Gasteiger partial charge in [0.1, 0.15) is 0 Å². The summed E-state index contributed by atoms with van der Waals surface area (Å²) < 4.78 is 0. The molecule has 3 heteroatoms. The van der Waals surface area contributed by atoms with Crippen LogP contribution in [-0.2, 0) is 0 Å². The zero-order valence-electron chi connectivity index (χ0n) is 12.9. The minimum absolute atomic E-state index is 0.304. The number of rotatable bonds is 6. The zero-order chi connectivity index (χ0) is 13.8. The van der Waals surface area contributed by atoms with Crippen LogP contribution in [0.1, 0.15) is 46.0 Å². The smallest absolute Gasteiger partial charge is 0.0558 e. The number of aliphatic hydroxyl groups is 1. The van der Waals surface area contributed by atoms with Gasteiger partial charge < -0.3 is 10.4 Å². The molecule has 2 aliphatic carbocycles. The van der Waals surface area contributed by atoms with Gasteiger partial charge in [0.25, 0.3) is 0 Å². The third kappa shape index (κ3) is 3.71. The molecule has 2 aliphatic rings. The van der Waals surface area contributed by atoms with Crippen LogP contribution in [0.25, 0.3) is 0 Å². The first-order valence-electron chi connectivity index (χ1n) is 8.17. The van der Waals surface area contributed by atoms with E-state index in [1.54, 1.807) is 0 Å². The van der Waals surface area contributed by atoms with Gasteiger partial charge in [-0.05, 0) is 50.5 Å². The molecule has 0 aliphatic heterocycles. The summed E-state index contributed by atoms with van der Waals surface area (Å²) in [6.45, 7) is 7.14. The molecule has 4 atom stereocenters. The molecular weight excluding hydrogens is 236 g/mol. The molecule has 0 spiro atoms. The fourth-order valence-corrected chi connectivity index (χ4v) is 4.12. The highest BCUT2D eigenvalue weighted by Crippen LogP contribution is 2.35. The molecule has 0 amide bonds. The lowest BCUT2D eigenvalue weighted by molar-refractivity contribution is 0.0451. The predicted molar refractivity (Wildman–Crippen MR) is 80.2 cm³/mol. The van der Waals surface area contributed by atoms with Crippen molar-refractivity contribution >= 4 is 0 Å². The van der Waals surface area contributed by atoms with Crippen molar-refractivity contribution in [2.75, 3.05) is 26.7 Å². The van der Waals surface area contributed by atoms with Crippen LogP contribution in [0.2, 0.25) is 0 Å². The molecule has 0 aromatic heterocycles. The molecular formula is C16H32N2O. The lowest BCUT2D eigenvalue weighted by atomic mass is 9.72. The van der Waals surface area contributed by atoms with Crippen molar-refractivity contribution in [1.29, 1.82) is 0 Å². The molecule has 0 heterocycles. The zero-order valence-corrected chi connectivity index (χ0v) is 12.9. The van der Waals surface area contributed by atoms with Crippen LogP contribution in [0.4, 0.5) is 0 Å². The molecule has 0 saturated heterocycles. The molecule has 0 aromatic carbocycles. The van der Waals surface area contributed by atoms with Gasteiger partial charge in [-0.15, -0.1) is 0 Å². The molecule has 0 bridgehead atoms. The Kier molecular flexibility index (Phi) is 5.67. The summed E-state index contributed by atoms with van der Waals surface area (Å²) in [4.78, 5) is 2.56. The summed E-state index contributed by atoms with van der Waals surface area (Å²) in [7, 11) is 2.11. The van der Waals surface area contributed by atoms with Gasteiger partial charge >= 0.3 is 0 Å². The maximum absolute atomic E-state index is 9.31. The summed E-state index contributed by atoms with van der Waals surface area (Å²) in [5, 5.41) is 12.9. The monoisotopic (exact) mass is 268 g/mol. The van der Waals surface area contributed by atoms with E-state index in [0.29, 0.717) is 12.6 Å². The van der Waals surface area contributed by atoms with E-state index in [-0.39, 0.29) is 0 Å². The highest BCUT2D eigenvalue weighted by molar-refractivity contribution is 4.91. The largest absolute Gasteiger partial charge is 0.395 e.